The predicted molar refractivity (Wildman–Crippen MR) is 133 cm³/mol. The SMILES string of the molecule is Cc1c(/C(O)=C2\C(=O)C(=O)N(CCCN3CCOCC3)[C@@H]2c2cccnc2)cnn1-c1ccccc1. The molecule has 2 aliphatic rings. The predicted octanol–water partition coefficient (Wildman–Crippen LogP) is 2.72. The van der Waals surface area contributed by atoms with Gasteiger partial charge in [-0.05, 0) is 37.1 Å². The lowest BCUT2D eigenvalue weighted by molar-refractivity contribution is -0.140. The number of ketones is 1. The Hall–Kier alpha value is -3.82. The molecule has 4 heterocycles. The van der Waals surface area contributed by atoms with Crippen LogP contribution >= 0.6 is 0 Å². The number of benzene rings is 1. The second-order valence-corrected chi connectivity index (χ2v) is 8.98. The molecule has 0 saturated carbocycles. The number of para-hydroxylation sites is 1. The number of hydrogen-bond acceptors (Lipinski definition) is 7. The molecule has 0 spiro atoms. The molecule has 3 aromatic rings. The van der Waals surface area contributed by atoms with Crippen molar-refractivity contribution in [2.45, 2.75) is 19.4 Å². The van der Waals surface area contributed by atoms with Gasteiger partial charge in [-0.1, -0.05) is 24.3 Å². The van der Waals surface area contributed by atoms with E-state index in [0.29, 0.717) is 43.0 Å². The van der Waals surface area contributed by atoms with Gasteiger partial charge in [0, 0.05) is 38.6 Å². The molecule has 1 aromatic carbocycles. The van der Waals surface area contributed by atoms with Crippen LogP contribution in [-0.4, -0.2) is 80.8 Å². The van der Waals surface area contributed by atoms with Gasteiger partial charge in [0.25, 0.3) is 11.7 Å². The first kappa shape index (κ1) is 23.9. The molecule has 0 radical (unpaired) electrons. The minimum absolute atomic E-state index is 0.0649. The average molecular weight is 488 g/mol. The number of ether oxygens (including phenoxy) is 1. The van der Waals surface area contributed by atoms with Gasteiger partial charge in [-0.25, -0.2) is 4.68 Å². The van der Waals surface area contributed by atoms with Gasteiger partial charge in [0.05, 0.1) is 48.0 Å². The first-order valence-corrected chi connectivity index (χ1v) is 12.1. The fourth-order valence-electron chi connectivity index (χ4n) is 4.90. The van der Waals surface area contributed by atoms with Crippen LogP contribution in [0.4, 0.5) is 0 Å². The monoisotopic (exact) mass is 487 g/mol. The van der Waals surface area contributed by atoms with E-state index in [4.69, 9.17) is 4.74 Å². The number of rotatable bonds is 7. The van der Waals surface area contributed by atoms with Crippen LogP contribution in [0.2, 0.25) is 0 Å². The van der Waals surface area contributed by atoms with Crippen molar-refractivity contribution in [3.63, 3.8) is 0 Å². The number of carbonyl (C=O) groups excluding carboxylic acids is 2. The van der Waals surface area contributed by atoms with Gasteiger partial charge in [-0.15, -0.1) is 0 Å². The van der Waals surface area contributed by atoms with Gasteiger partial charge >= 0.3 is 0 Å². The van der Waals surface area contributed by atoms with Crippen LogP contribution in [0, 0.1) is 6.92 Å². The molecule has 2 saturated heterocycles. The molecule has 5 rings (SSSR count). The molecule has 1 N–H and O–H groups in total. The van der Waals surface area contributed by atoms with Gasteiger partial charge in [0.2, 0.25) is 0 Å². The largest absolute Gasteiger partial charge is 0.507 e. The maximum atomic E-state index is 13.3. The van der Waals surface area contributed by atoms with Crippen LogP contribution in [0.3, 0.4) is 0 Å². The number of hydrogen-bond donors (Lipinski definition) is 1. The van der Waals surface area contributed by atoms with E-state index in [0.717, 1.165) is 25.3 Å². The lowest BCUT2D eigenvalue weighted by atomic mass is 9.96. The Morgan fingerprint density at radius 1 is 1.06 bits per heavy atom. The third kappa shape index (κ3) is 4.55. The summed E-state index contributed by atoms with van der Waals surface area (Å²) in [4.78, 5) is 34.5. The van der Waals surface area contributed by atoms with E-state index in [1.165, 1.54) is 6.20 Å². The fraction of sp³-hybridized carbons (Fsp3) is 0.333. The molecular weight excluding hydrogens is 458 g/mol. The Morgan fingerprint density at radius 2 is 1.83 bits per heavy atom. The van der Waals surface area contributed by atoms with Gasteiger partial charge < -0.3 is 14.7 Å². The van der Waals surface area contributed by atoms with Gasteiger partial charge in [-0.2, -0.15) is 5.10 Å². The molecule has 9 heteroatoms. The maximum absolute atomic E-state index is 13.3. The third-order valence-electron chi connectivity index (χ3n) is 6.78. The normalized spacial score (nSPS) is 20.2. The Labute approximate surface area is 209 Å². The number of morpholine rings is 1. The molecule has 0 bridgehead atoms. The molecule has 2 aliphatic heterocycles. The number of nitrogens with zero attached hydrogens (tertiary/aromatic N) is 5. The van der Waals surface area contributed by atoms with E-state index in [-0.39, 0.29) is 11.3 Å². The first-order chi connectivity index (χ1) is 17.6. The van der Waals surface area contributed by atoms with Crippen molar-refractivity contribution in [3.8, 4) is 5.69 Å². The number of likely N-dealkylation sites (tertiary alicyclic amines) is 1. The van der Waals surface area contributed by atoms with E-state index in [9.17, 15) is 14.7 Å². The van der Waals surface area contributed by atoms with Crippen LogP contribution < -0.4 is 0 Å². The summed E-state index contributed by atoms with van der Waals surface area (Å²) < 4.78 is 7.11. The van der Waals surface area contributed by atoms with Crippen molar-refractivity contribution in [2.24, 2.45) is 0 Å². The zero-order valence-corrected chi connectivity index (χ0v) is 20.2. The summed E-state index contributed by atoms with van der Waals surface area (Å²) in [5.41, 5.74) is 2.66. The molecule has 9 nitrogen and oxygen atoms in total. The van der Waals surface area contributed by atoms with Crippen molar-refractivity contribution < 1.29 is 19.4 Å². The zero-order valence-electron chi connectivity index (χ0n) is 20.2. The number of aliphatic hydroxyl groups excluding tert-OH is 1. The number of amides is 1. The smallest absolute Gasteiger partial charge is 0.295 e. The second-order valence-electron chi connectivity index (χ2n) is 8.98. The Kier molecular flexibility index (Phi) is 6.92. The quantitative estimate of drug-likeness (QED) is 0.311. The highest BCUT2D eigenvalue weighted by molar-refractivity contribution is 6.46. The Bertz CT molecular complexity index is 1270. The van der Waals surface area contributed by atoms with E-state index in [1.807, 2.05) is 43.3 Å². The molecule has 0 unspecified atom stereocenters. The number of Topliss-reactive ketones (excluding diaryl/α,β-unsaturated/α-hetero) is 1. The van der Waals surface area contributed by atoms with Gasteiger partial charge in [0.1, 0.15) is 5.76 Å². The number of pyridine rings is 1. The Balaban J connectivity index is 1.49. The van der Waals surface area contributed by atoms with Crippen LogP contribution in [0.1, 0.15) is 29.3 Å². The highest BCUT2D eigenvalue weighted by Gasteiger charge is 2.46. The van der Waals surface area contributed by atoms with Crippen molar-refractivity contribution in [3.05, 3.63) is 83.4 Å². The van der Waals surface area contributed by atoms with E-state index in [1.54, 1.807) is 28.0 Å². The van der Waals surface area contributed by atoms with Gasteiger partial charge in [0.15, 0.2) is 0 Å². The molecule has 1 amide bonds. The lowest BCUT2D eigenvalue weighted by Crippen LogP contribution is -2.39. The second kappa shape index (κ2) is 10.4. The number of carbonyl (C=O) groups is 2. The summed E-state index contributed by atoms with van der Waals surface area (Å²) in [6.07, 6.45) is 5.51. The minimum Gasteiger partial charge on any atom is -0.507 e. The zero-order chi connectivity index (χ0) is 25.1. The standard InChI is InChI=1S/C27H29N5O4/c1-19-22(18-29-32(19)21-8-3-2-4-9-21)25(33)23-24(20-7-5-10-28-17-20)31(27(35)26(23)34)12-6-11-30-13-15-36-16-14-30/h2-5,7-10,17-18,24,33H,6,11-16H2,1H3/b25-23+/t24-/m1/s1. The molecule has 1 atom stereocenters. The first-order valence-electron chi connectivity index (χ1n) is 12.1. The topological polar surface area (TPSA) is 101 Å². The summed E-state index contributed by atoms with van der Waals surface area (Å²) >= 11 is 0. The van der Waals surface area contributed by atoms with Crippen LogP contribution in [0.15, 0.2) is 66.6 Å². The number of aliphatic hydroxyl groups is 1. The van der Waals surface area contributed by atoms with E-state index in [2.05, 4.69) is 15.0 Å². The minimum atomic E-state index is -0.720. The highest BCUT2D eigenvalue weighted by Crippen LogP contribution is 2.39. The molecule has 36 heavy (non-hydrogen) atoms. The molecule has 2 fully saturated rings. The average Bonchev–Trinajstić information content (AvgIpc) is 3.42. The summed E-state index contributed by atoms with van der Waals surface area (Å²) in [7, 11) is 0. The Morgan fingerprint density at radius 3 is 2.56 bits per heavy atom. The summed E-state index contributed by atoms with van der Waals surface area (Å²) in [6, 6.07) is 12.4. The summed E-state index contributed by atoms with van der Waals surface area (Å²) in [5, 5.41) is 15.8. The van der Waals surface area contributed by atoms with Gasteiger partial charge in [-0.3, -0.25) is 19.5 Å². The van der Waals surface area contributed by atoms with Crippen molar-refractivity contribution in [2.75, 3.05) is 39.4 Å². The van der Waals surface area contributed by atoms with Crippen molar-refractivity contribution in [1.29, 1.82) is 0 Å². The third-order valence-corrected chi connectivity index (χ3v) is 6.78. The number of aromatic nitrogens is 3. The fourth-order valence-corrected chi connectivity index (χ4v) is 4.90. The summed E-state index contributed by atoms with van der Waals surface area (Å²) in [6.45, 7) is 6.14. The molecule has 186 valence electrons. The van der Waals surface area contributed by atoms with Crippen LogP contribution in [0.25, 0.3) is 11.4 Å². The van der Waals surface area contributed by atoms with Crippen LogP contribution in [-0.2, 0) is 14.3 Å². The summed E-state index contributed by atoms with van der Waals surface area (Å²) in [5.74, 6) is -1.53. The van der Waals surface area contributed by atoms with Crippen molar-refractivity contribution in [1.82, 2.24) is 24.6 Å². The maximum Gasteiger partial charge on any atom is 0.295 e. The molecular formula is C27H29N5O4. The lowest BCUT2D eigenvalue weighted by Gasteiger charge is -2.29. The van der Waals surface area contributed by atoms with E-state index >= 15 is 0 Å². The highest BCUT2D eigenvalue weighted by atomic mass is 16.5. The molecule has 2 aromatic heterocycles. The van der Waals surface area contributed by atoms with Crippen molar-refractivity contribution >= 4 is 17.4 Å². The van der Waals surface area contributed by atoms with Crippen LogP contribution in [0.5, 0.6) is 0 Å². The van der Waals surface area contributed by atoms with E-state index < -0.39 is 17.7 Å². The molecule has 0 aliphatic carbocycles.